The number of carbonyl (C=O) groups is 1. The molecular formula is C23H29N3O7S2. The Bertz CT molecular complexity index is 1290. The average Bonchev–Trinajstić information content (AvgIpc) is 3.36. The SMILES string of the molecule is Cc1ccc2c(c1)O[C@H](C(=O)NCCOc1ccc(S(=O)(=O)N3CCCC3)cc1)CN2S(C)(=O)=O. The number of carbonyl (C=O) groups excluding carboxylic acids is 1. The Morgan fingerprint density at radius 3 is 2.43 bits per heavy atom. The molecule has 0 radical (unpaired) electrons. The topological polar surface area (TPSA) is 122 Å². The van der Waals surface area contributed by atoms with Gasteiger partial charge in [-0.25, -0.2) is 16.8 Å². The number of hydrogen-bond donors (Lipinski definition) is 1. The van der Waals surface area contributed by atoms with E-state index in [9.17, 15) is 21.6 Å². The minimum Gasteiger partial charge on any atom is -0.492 e. The van der Waals surface area contributed by atoms with Gasteiger partial charge in [-0.3, -0.25) is 9.10 Å². The summed E-state index contributed by atoms with van der Waals surface area (Å²) in [5.41, 5.74) is 1.28. The molecule has 2 aliphatic heterocycles. The fourth-order valence-corrected chi connectivity index (χ4v) is 6.49. The zero-order chi connectivity index (χ0) is 25.2. The van der Waals surface area contributed by atoms with Crippen molar-refractivity contribution in [3.63, 3.8) is 0 Å². The summed E-state index contributed by atoms with van der Waals surface area (Å²) in [6, 6.07) is 11.3. The molecule has 12 heteroatoms. The molecule has 2 aliphatic rings. The van der Waals surface area contributed by atoms with E-state index in [1.807, 2.05) is 6.92 Å². The van der Waals surface area contributed by atoms with Crippen molar-refractivity contribution in [2.24, 2.45) is 0 Å². The third-order valence-corrected chi connectivity index (χ3v) is 8.93. The Labute approximate surface area is 205 Å². The molecule has 0 bridgehead atoms. The van der Waals surface area contributed by atoms with Gasteiger partial charge >= 0.3 is 0 Å². The quantitative estimate of drug-likeness (QED) is 0.521. The van der Waals surface area contributed by atoms with E-state index in [2.05, 4.69) is 5.32 Å². The van der Waals surface area contributed by atoms with Crippen LogP contribution in [0.1, 0.15) is 18.4 Å². The molecule has 35 heavy (non-hydrogen) atoms. The highest BCUT2D eigenvalue weighted by Crippen LogP contribution is 2.35. The van der Waals surface area contributed by atoms with Gasteiger partial charge in [-0.1, -0.05) is 6.07 Å². The molecule has 4 rings (SSSR count). The third kappa shape index (κ3) is 5.71. The number of anilines is 1. The molecule has 0 unspecified atom stereocenters. The largest absolute Gasteiger partial charge is 0.492 e. The van der Waals surface area contributed by atoms with Gasteiger partial charge in [0.25, 0.3) is 5.91 Å². The Morgan fingerprint density at radius 1 is 1.09 bits per heavy atom. The van der Waals surface area contributed by atoms with E-state index < -0.39 is 32.1 Å². The second-order valence-corrected chi connectivity index (χ2v) is 12.4. The van der Waals surface area contributed by atoms with Crippen LogP contribution in [0, 0.1) is 6.92 Å². The predicted molar refractivity (Wildman–Crippen MR) is 131 cm³/mol. The average molecular weight is 524 g/mol. The lowest BCUT2D eigenvalue weighted by atomic mass is 10.1. The molecule has 1 N–H and O–H groups in total. The lowest BCUT2D eigenvalue weighted by molar-refractivity contribution is -0.127. The van der Waals surface area contributed by atoms with E-state index in [0.717, 1.165) is 24.7 Å². The Morgan fingerprint density at radius 2 is 1.77 bits per heavy atom. The first-order valence-corrected chi connectivity index (χ1v) is 14.6. The van der Waals surface area contributed by atoms with Gasteiger partial charge in [0, 0.05) is 13.1 Å². The monoisotopic (exact) mass is 523 g/mol. The highest BCUT2D eigenvalue weighted by molar-refractivity contribution is 7.92. The number of hydrogen-bond acceptors (Lipinski definition) is 7. The number of benzene rings is 2. The molecule has 1 amide bonds. The van der Waals surface area contributed by atoms with Crippen molar-refractivity contribution < 1.29 is 31.1 Å². The van der Waals surface area contributed by atoms with Crippen LogP contribution in [0.4, 0.5) is 5.69 Å². The van der Waals surface area contributed by atoms with Crippen molar-refractivity contribution in [1.82, 2.24) is 9.62 Å². The van der Waals surface area contributed by atoms with Crippen LogP contribution in [0.15, 0.2) is 47.4 Å². The van der Waals surface area contributed by atoms with Gasteiger partial charge in [-0.2, -0.15) is 4.31 Å². The van der Waals surface area contributed by atoms with Gasteiger partial charge < -0.3 is 14.8 Å². The number of nitrogens with one attached hydrogen (secondary N) is 1. The Kier molecular flexibility index (Phi) is 7.25. The van der Waals surface area contributed by atoms with Gasteiger partial charge in [-0.05, 0) is 61.7 Å². The van der Waals surface area contributed by atoms with Crippen molar-refractivity contribution in [3.8, 4) is 11.5 Å². The number of aryl methyl sites for hydroxylation is 1. The fourth-order valence-electron chi connectivity index (χ4n) is 4.05. The zero-order valence-corrected chi connectivity index (χ0v) is 21.3. The summed E-state index contributed by atoms with van der Waals surface area (Å²) in [5.74, 6) is 0.352. The van der Waals surface area contributed by atoms with Gasteiger partial charge in [0.1, 0.15) is 18.1 Å². The lowest BCUT2D eigenvalue weighted by Gasteiger charge is -2.34. The number of fused-ring (bicyclic) bond motifs is 1. The minimum absolute atomic E-state index is 0.130. The maximum atomic E-state index is 12.7. The van der Waals surface area contributed by atoms with Gasteiger partial charge in [0.2, 0.25) is 20.0 Å². The van der Waals surface area contributed by atoms with Crippen molar-refractivity contribution in [2.45, 2.75) is 30.8 Å². The van der Waals surface area contributed by atoms with Crippen LogP contribution in [-0.4, -0.2) is 72.2 Å². The van der Waals surface area contributed by atoms with Crippen LogP contribution < -0.4 is 19.1 Å². The first-order valence-electron chi connectivity index (χ1n) is 11.3. The zero-order valence-electron chi connectivity index (χ0n) is 19.6. The summed E-state index contributed by atoms with van der Waals surface area (Å²) in [5, 5.41) is 2.70. The number of rotatable bonds is 8. The molecule has 0 aromatic heterocycles. The molecule has 0 saturated carbocycles. The Balaban J connectivity index is 1.31. The standard InChI is InChI=1S/C23H29N3O7S2/c1-17-5-10-20-21(15-17)33-22(16-26(20)34(2,28)29)23(27)24-11-14-32-18-6-8-19(9-7-18)35(30,31)25-12-3-4-13-25/h5-10,15,22H,3-4,11-14,16H2,1-2H3,(H,24,27)/t22-/m0/s1. The molecule has 0 aliphatic carbocycles. The summed E-state index contributed by atoms with van der Waals surface area (Å²) >= 11 is 0. The summed E-state index contributed by atoms with van der Waals surface area (Å²) in [6.07, 6.45) is 1.83. The number of amides is 1. The molecule has 1 saturated heterocycles. The minimum atomic E-state index is -3.60. The fraction of sp³-hybridized carbons (Fsp3) is 0.435. The van der Waals surface area contributed by atoms with Crippen molar-refractivity contribution in [3.05, 3.63) is 48.0 Å². The lowest BCUT2D eigenvalue weighted by Crippen LogP contribution is -2.51. The molecule has 1 atom stereocenters. The van der Waals surface area contributed by atoms with Crippen molar-refractivity contribution >= 4 is 31.6 Å². The highest BCUT2D eigenvalue weighted by Gasteiger charge is 2.35. The summed E-state index contributed by atoms with van der Waals surface area (Å²) < 4.78 is 63.8. The van der Waals surface area contributed by atoms with E-state index >= 15 is 0 Å². The number of ether oxygens (including phenoxy) is 2. The van der Waals surface area contributed by atoms with Crippen LogP contribution >= 0.6 is 0 Å². The molecule has 2 heterocycles. The van der Waals surface area contributed by atoms with E-state index in [4.69, 9.17) is 9.47 Å². The second-order valence-electron chi connectivity index (χ2n) is 8.59. The van der Waals surface area contributed by atoms with E-state index in [1.54, 1.807) is 30.3 Å². The molecule has 10 nitrogen and oxygen atoms in total. The summed E-state index contributed by atoms with van der Waals surface area (Å²) in [6.45, 7) is 3.10. The maximum Gasteiger partial charge on any atom is 0.263 e. The van der Waals surface area contributed by atoms with Crippen molar-refractivity contribution in [1.29, 1.82) is 0 Å². The van der Waals surface area contributed by atoms with Crippen LogP contribution in [0.2, 0.25) is 0 Å². The first-order chi connectivity index (χ1) is 16.6. The smallest absolute Gasteiger partial charge is 0.263 e. The Hall–Kier alpha value is -2.83. The molecule has 2 aromatic rings. The summed E-state index contributed by atoms with van der Waals surface area (Å²) in [4.78, 5) is 12.9. The third-order valence-electron chi connectivity index (χ3n) is 5.87. The number of nitrogens with zero attached hydrogens (tertiary/aromatic N) is 2. The summed E-state index contributed by atoms with van der Waals surface area (Å²) in [7, 11) is -7.08. The van der Waals surface area contributed by atoms with Gasteiger partial charge in [-0.15, -0.1) is 0 Å². The second kappa shape index (κ2) is 10.0. The number of sulfonamides is 2. The van der Waals surface area contributed by atoms with Gasteiger partial charge in [0.15, 0.2) is 6.10 Å². The van der Waals surface area contributed by atoms with Crippen LogP contribution in [-0.2, 0) is 24.8 Å². The molecule has 1 fully saturated rings. The van der Waals surface area contributed by atoms with E-state index in [1.165, 1.54) is 20.7 Å². The first kappa shape index (κ1) is 25.3. The van der Waals surface area contributed by atoms with Gasteiger partial charge in [0.05, 0.1) is 29.9 Å². The molecule has 0 spiro atoms. The maximum absolute atomic E-state index is 12.7. The highest BCUT2D eigenvalue weighted by atomic mass is 32.2. The van der Waals surface area contributed by atoms with E-state index in [-0.39, 0.29) is 24.6 Å². The molecule has 190 valence electrons. The van der Waals surface area contributed by atoms with E-state index in [0.29, 0.717) is 30.3 Å². The van der Waals surface area contributed by atoms with Crippen molar-refractivity contribution in [2.75, 3.05) is 43.3 Å². The molecular weight excluding hydrogens is 494 g/mol. The molecule has 2 aromatic carbocycles. The van der Waals surface area contributed by atoms with Crippen LogP contribution in [0.25, 0.3) is 0 Å². The van der Waals surface area contributed by atoms with Crippen LogP contribution in [0.5, 0.6) is 11.5 Å². The van der Waals surface area contributed by atoms with Crippen LogP contribution in [0.3, 0.4) is 0 Å². The normalized spacial score (nSPS) is 18.6. The predicted octanol–water partition coefficient (Wildman–Crippen LogP) is 1.50.